The molecule has 0 aromatic rings. The van der Waals surface area contributed by atoms with Gasteiger partial charge in [-0.3, -0.25) is 0 Å². The minimum atomic E-state index is 0.352. The van der Waals surface area contributed by atoms with E-state index in [0.29, 0.717) is 6.61 Å². The van der Waals surface area contributed by atoms with Gasteiger partial charge in [-0.15, -0.1) is 0 Å². The van der Waals surface area contributed by atoms with E-state index in [0.717, 1.165) is 24.7 Å². The first kappa shape index (κ1) is 14.0. The molecular weight excluding hydrogens is 198 g/mol. The van der Waals surface area contributed by atoms with Crippen molar-refractivity contribution in [3.8, 4) is 0 Å². The Balaban J connectivity index is 2.14. The number of aliphatic hydroxyl groups is 1. The van der Waals surface area contributed by atoms with Gasteiger partial charge in [-0.1, -0.05) is 20.3 Å². The summed E-state index contributed by atoms with van der Waals surface area (Å²) < 4.78 is 0. The number of hydrogen-bond acceptors (Lipinski definition) is 2. The van der Waals surface area contributed by atoms with Crippen LogP contribution < -0.4 is 0 Å². The van der Waals surface area contributed by atoms with Gasteiger partial charge in [-0.2, -0.15) is 0 Å². The molecule has 1 atom stereocenters. The molecule has 16 heavy (non-hydrogen) atoms. The summed E-state index contributed by atoms with van der Waals surface area (Å²) in [5.41, 5.74) is 0. The van der Waals surface area contributed by atoms with Gasteiger partial charge < -0.3 is 10.0 Å². The molecule has 0 bridgehead atoms. The highest BCUT2D eigenvalue weighted by atomic mass is 16.2. The number of rotatable bonds is 7. The summed E-state index contributed by atoms with van der Waals surface area (Å²) in [6, 6.07) is 0. The van der Waals surface area contributed by atoms with Crippen molar-refractivity contribution in [2.75, 3.05) is 26.2 Å². The molecule has 2 nitrogen and oxygen atoms in total. The Bertz CT molecular complexity index is 170. The number of piperidine rings is 1. The summed E-state index contributed by atoms with van der Waals surface area (Å²) in [6.45, 7) is 8.77. The topological polar surface area (TPSA) is 23.5 Å². The van der Waals surface area contributed by atoms with E-state index in [1.807, 2.05) is 0 Å². The van der Waals surface area contributed by atoms with Gasteiger partial charge in [0.1, 0.15) is 0 Å². The van der Waals surface area contributed by atoms with Gasteiger partial charge in [0.25, 0.3) is 0 Å². The van der Waals surface area contributed by atoms with E-state index in [9.17, 15) is 0 Å². The summed E-state index contributed by atoms with van der Waals surface area (Å²) in [5, 5.41) is 8.77. The van der Waals surface area contributed by atoms with Crippen LogP contribution in [0.2, 0.25) is 0 Å². The minimum absolute atomic E-state index is 0.352. The van der Waals surface area contributed by atoms with Crippen molar-refractivity contribution < 1.29 is 5.11 Å². The SMILES string of the molecule is CC(C)CCC1CCCN(CCCCO)C1. The normalized spacial score (nSPS) is 22.9. The van der Waals surface area contributed by atoms with Crippen LogP contribution in [0.25, 0.3) is 0 Å². The molecule has 96 valence electrons. The van der Waals surface area contributed by atoms with Gasteiger partial charge in [0.05, 0.1) is 0 Å². The lowest BCUT2D eigenvalue weighted by Gasteiger charge is -2.33. The second-order valence-electron chi connectivity index (χ2n) is 5.71. The average molecular weight is 227 g/mol. The summed E-state index contributed by atoms with van der Waals surface area (Å²) in [5.74, 6) is 1.79. The number of aliphatic hydroxyl groups excluding tert-OH is 1. The lowest BCUT2D eigenvalue weighted by molar-refractivity contribution is 0.158. The van der Waals surface area contributed by atoms with E-state index < -0.39 is 0 Å². The molecule has 0 spiro atoms. The zero-order valence-electron chi connectivity index (χ0n) is 11.1. The van der Waals surface area contributed by atoms with Crippen LogP contribution in [0.15, 0.2) is 0 Å². The van der Waals surface area contributed by atoms with Crippen molar-refractivity contribution in [2.45, 2.75) is 52.4 Å². The van der Waals surface area contributed by atoms with Crippen molar-refractivity contribution >= 4 is 0 Å². The van der Waals surface area contributed by atoms with Crippen LogP contribution in [0.3, 0.4) is 0 Å². The second kappa shape index (κ2) is 8.08. The quantitative estimate of drug-likeness (QED) is 0.676. The highest BCUT2D eigenvalue weighted by Gasteiger charge is 2.19. The van der Waals surface area contributed by atoms with E-state index in [1.54, 1.807) is 0 Å². The third-order valence-electron chi connectivity index (χ3n) is 3.64. The molecule has 0 aromatic carbocycles. The van der Waals surface area contributed by atoms with Gasteiger partial charge in [-0.05, 0) is 57.0 Å². The molecule has 0 saturated carbocycles. The van der Waals surface area contributed by atoms with Gasteiger partial charge in [0.2, 0.25) is 0 Å². The summed E-state index contributed by atoms with van der Waals surface area (Å²) in [6.07, 6.45) is 7.73. The predicted molar refractivity (Wildman–Crippen MR) is 69.6 cm³/mol. The highest BCUT2D eigenvalue weighted by Crippen LogP contribution is 2.23. The Hall–Kier alpha value is -0.0800. The first-order valence-electron chi connectivity index (χ1n) is 7.05. The van der Waals surface area contributed by atoms with Gasteiger partial charge in [0.15, 0.2) is 0 Å². The van der Waals surface area contributed by atoms with E-state index in [2.05, 4.69) is 18.7 Å². The lowest BCUT2D eigenvalue weighted by Crippen LogP contribution is -2.36. The molecule has 1 N–H and O–H groups in total. The number of likely N-dealkylation sites (tertiary alicyclic amines) is 1. The summed E-state index contributed by atoms with van der Waals surface area (Å²) in [4.78, 5) is 2.60. The maximum Gasteiger partial charge on any atom is 0.0431 e. The smallest absolute Gasteiger partial charge is 0.0431 e. The van der Waals surface area contributed by atoms with Crippen molar-refractivity contribution in [1.29, 1.82) is 0 Å². The molecule has 2 heteroatoms. The standard InChI is InChI=1S/C14H29NO/c1-13(2)7-8-14-6-5-10-15(12-14)9-3-4-11-16/h13-14,16H,3-12H2,1-2H3. The molecule has 0 radical (unpaired) electrons. The molecule has 1 unspecified atom stereocenters. The first-order valence-corrected chi connectivity index (χ1v) is 7.05. The summed E-state index contributed by atoms with van der Waals surface area (Å²) in [7, 11) is 0. The Labute approximate surface area is 101 Å². The molecule has 1 fully saturated rings. The van der Waals surface area contributed by atoms with E-state index in [4.69, 9.17) is 5.11 Å². The van der Waals surface area contributed by atoms with Crippen LogP contribution in [0.5, 0.6) is 0 Å². The molecule has 1 saturated heterocycles. The Morgan fingerprint density at radius 3 is 2.81 bits per heavy atom. The largest absolute Gasteiger partial charge is 0.396 e. The first-order chi connectivity index (χ1) is 7.72. The lowest BCUT2D eigenvalue weighted by atomic mass is 9.90. The van der Waals surface area contributed by atoms with E-state index >= 15 is 0 Å². The van der Waals surface area contributed by atoms with Gasteiger partial charge in [0, 0.05) is 13.2 Å². The van der Waals surface area contributed by atoms with Gasteiger partial charge >= 0.3 is 0 Å². The van der Waals surface area contributed by atoms with Crippen molar-refractivity contribution in [3.05, 3.63) is 0 Å². The Morgan fingerprint density at radius 2 is 2.12 bits per heavy atom. The number of hydrogen-bond donors (Lipinski definition) is 1. The summed E-state index contributed by atoms with van der Waals surface area (Å²) >= 11 is 0. The fourth-order valence-corrected chi connectivity index (χ4v) is 2.61. The number of unbranched alkanes of at least 4 members (excludes halogenated alkanes) is 1. The minimum Gasteiger partial charge on any atom is -0.396 e. The van der Waals surface area contributed by atoms with Gasteiger partial charge in [-0.25, -0.2) is 0 Å². The maximum atomic E-state index is 8.77. The van der Waals surface area contributed by atoms with Crippen LogP contribution in [-0.2, 0) is 0 Å². The molecule has 1 aliphatic heterocycles. The average Bonchev–Trinajstić information content (AvgIpc) is 2.27. The second-order valence-corrected chi connectivity index (χ2v) is 5.71. The van der Waals surface area contributed by atoms with Crippen LogP contribution in [0.4, 0.5) is 0 Å². The van der Waals surface area contributed by atoms with E-state index in [-0.39, 0.29) is 0 Å². The molecule has 1 rings (SSSR count). The third kappa shape index (κ3) is 5.86. The molecule has 1 aliphatic rings. The van der Waals surface area contributed by atoms with Crippen LogP contribution >= 0.6 is 0 Å². The zero-order chi connectivity index (χ0) is 11.8. The molecule has 0 amide bonds. The molecule has 0 aromatic heterocycles. The monoisotopic (exact) mass is 227 g/mol. The Morgan fingerprint density at radius 1 is 1.31 bits per heavy atom. The van der Waals surface area contributed by atoms with E-state index in [1.165, 1.54) is 45.3 Å². The maximum absolute atomic E-state index is 8.77. The highest BCUT2D eigenvalue weighted by molar-refractivity contribution is 4.73. The fourth-order valence-electron chi connectivity index (χ4n) is 2.61. The van der Waals surface area contributed by atoms with Crippen molar-refractivity contribution in [3.63, 3.8) is 0 Å². The Kier molecular flexibility index (Phi) is 7.06. The van der Waals surface area contributed by atoms with Crippen molar-refractivity contribution in [1.82, 2.24) is 4.90 Å². The number of nitrogens with zero attached hydrogens (tertiary/aromatic N) is 1. The molecular formula is C14H29NO. The van der Waals surface area contributed by atoms with Crippen LogP contribution in [0, 0.1) is 11.8 Å². The zero-order valence-corrected chi connectivity index (χ0v) is 11.1. The van der Waals surface area contributed by atoms with Crippen LogP contribution in [0.1, 0.15) is 52.4 Å². The predicted octanol–water partition coefficient (Wildman–Crippen LogP) is 2.91. The molecule has 0 aliphatic carbocycles. The molecule has 1 heterocycles. The van der Waals surface area contributed by atoms with Crippen molar-refractivity contribution in [2.24, 2.45) is 11.8 Å². The fraction of sp³-hybridized carbons (Fsp3) is 1.00. The van der Waals surface area contributed by atoms with Crippen LogP contribution in [-0.4, -0.2) is 36.2 Å². The third-order valence-corrected chi connectivity index (χ3v) is 3.64.